The van der Waals surface area contributed by atoms with Crippen LogP contribution in [0.1, 0.15) is 15.9 Å². The predicted molar refractivity (Wildman–Crippen MR) is 82.1 cm³/mol. The average Bonchev–Trinajstić information content (AvgIpc) is 2.53. The van der Waals surface area contributed by atoms with Gasteiger partial charge in [-0.1, -0.05) is 12.1 Å². The first kappa shape index (κ1) is 17.8. The van der Waals surface area contributed by atoms with Crippen molar-refractivity contribution in [3.8, 4) is 0 Å². The van der Waals surface area contributed by atoms with Crippen LogP contribution in [0.5, 0.6) is 0 Å². The van der Waals surface area contributed by atoms with E-state index in [1.54, 1.807) is 0 Å². The van der Waals surface area contributed by atoms with Gasteiger partial charge < -0.3 is 5.32 Å². The van der Waals surface area contributed by atoms with E-state index in [-0.39, 0.29) is 11.3 Å². The van der Waals surface area contributed by atoms with Crippen LogP contribution in [0.2, 0.25) is 0 Å². The summed E-state index contributed by atoms with van der Waals surface area (Å²) in [5.41, 5.74) is -0.792. The molecule has 24 heavy (non-hydrogen) atoms. The molecule has 0 fully saturated rings. The second kappa shape index (κ2) is 6.52. The molecule has 1 amide bonds. The molecule has 2 rings (SSSR count). The average molecular weight is 358 g/mol. The molecule has 0 aliphatic heterocycles. The zero-order valence-electron chi connectivity index (χ0n) is 12.4. The number of benzene rings is 2. The number of hydrogen-bond acceptors (Lipinski definition) is 3. The molecule has 0 bridgehead atoms. The molecule has 0 aliphatic carbocycles. The number of hydrogen-bond donors (Lipinski definition) is 2. The Bertz CT molecular complexity index is 864. The van der Waals surface area contributed by atoms with E-state index < -0.39 is 32.6 Å². The Morgan fingerprint density at radius 1 is 1.04 bits per heavy atom. The summed E-state index contributed by atoms with van der Waals surface area (Å²) in [6.07, 6.45) is -4.65. The van der Waals surface area contributed by atoms with Crippen LogP contribution in [0.4, 0.5) is 18.9 Å². The highest BCUT2D eigenvalue weighted by atomic mass is 32.2. The molecule has 0 saturated heterocycles. The Kier molecular flexibility index (Phi) is 4.83. The lowest BCUT2D eigenvalue weighted by Gasteiger charge is -2.11. The van der Waals surface area contributed by atoms with E-state index in [0.29, 0.717) is 6.07 Å². The van der Waals surface area contributed by atoms with Crippen molar-refractivity contribution in [3.05, 3.63) is 59.7 Å². The highest BCUT2D eigenvalue weighted by molar-refractivity contribution is 7.92. The number of nitrogens with one attached hydrogen (secondary N) is 2. The normalized spacial score (nSPS) is 11.8. The van der Waals surface area contributed by atoms with Gasteiger partial charge in [0.05, 0.1) is 10.5 Å². The SMILES string of the molecule is CNC(=O)c1cccc(NS(=O)(=O)c2cccc(C(F)(F)F)c2)c1. The van der Waals surface area contributed by atoms with Crippen LogP contribution < -0.4 is 10.0 Å². The van der Waals surface area contributed by atoms with Gasteiger partial charge >= 0.3 is 6.18 Å². The standard InChI is InChI=1S/C15H13F3N2O3S/c1-19-14(21)10-4-2-6-12(8-10)20-24(22,23)13-7-3-5-11(9-13)15(16,17)18/h2-9,20H,1H3,(H,19,21). The van der Waals surface area contributed by atoms with Crippen molar-refractivity contribution in [1.82, 2.24) is 5.32 Å². The van der Waals surface area contributed by atoms with Crippen molar-refractivity contribution in [2.45, 2.75) is 11.1 Å². The summed E-state index contributed by atoms with van der Waals surface area (Å²) in [4.78, 5) is 11.0. The first-order valence-electron chi connectivity index (χ1n) is 6.66. The molecule has 5 nitrogen and oxygen atoms in total. The van der Waals surface area contributed by atoms with Crippen LogP contribution >= 0.6 is 0 Å². The Morgan fingerprint density at radius 2 is 1.71 bits per heavy atom. The Morgan fingerprint density at radius 3 is 2.33 bits per heavy atom. The van der Waals surface area contributed by atoms with Crippen LogP contribution in [-0.4, -0.2) is 21.4 Å². The fraction of sp³-hybridized carbons (Fsp3) is 0.133. The number of anilines is 1. The number of rotatable bonds is 4. The van der Waals surface area contributed by atoms with Crippen molar-refractivity contribution < 1.29 is 26.4 Å². The summed E-state index contributed by atoms with van der Waals surface area (Å²) in [6.45, 7) is 0. The first-order valence-corrected chi connectivity index (χ1v) is 8.14. The van der Waals surface area contributed by atoms with E-state index in [1.165, 1.54) is 31.3 Å². The minimum absolute atomic E-state index is 0.0634. The topological polar surface area (TPSA) is 75.3 Å². The maximum atomic E-state index is 12.7. The smallest absolute Gasteiger partial charge is 0.355 e. The molecule has 2 N–H and O–H groups in total. The van der Waals surface area contributed by atoms with Crippen LogP contribution in [0, 0.1) is 0 Å². The highest BCUT2D eigenvalue weighted by Gasteiger charge is 2.31. The molecule has 0 spiro atoms. The van der Waals surface area contributed by atoms with Gasteiger partial charge in [0, 0.05) is 18.3 Å². The minimum atomic E-state index is -4.65. The van der Waals surface area contributed by atoms with Gasteiger partial charge in [0.2, 0.25) is 0 Å². The van der Waals surface area contributed by atoms with Crippen molar-refractivity contribution in [3.63, 3.8) is 0 Å². The second-order valence-electron chi connectivity index (χ2n) is 4.79. The molecule has 0 aromatic heterocycles. The molecular weight excluding hydrogens is 345 g/mol. The van der Waals surface area contributed by atoms with Crippen LogP contribution in [0.3, 0.4) is 0 Å². The fourth-order valence-electron chi connectivity index (χ4n) is 1.92. The predicted octanol–water partition coefficient (Wildman–Crippen LogP) is 2.87. The number of amides is 1. The molecule has 0 heterocycles. The lowest BCUT2D eigenvalue weighted by Crippen LogP contribution is -2.18. The molecule has 9 heteroatoms. The van der Waals surface area contributed by atoms with Gasteiger partial charge in [0.1, 0.15) is 0 Å². The first-order chi connectivity index (χ1) is 11.1. The molecule has 0 unspecified atom stereocenters. The van der Waals surface area contributed by atoms with E-state index in [2.05, 4.69) is 10.0 Å². The largest absolute Gasteiger partial charge is 0.416 e. The fourth-order valence-corrected chi connectivity index (χ4v) is 3.02. The van der Waals surface area contributed by atoms with Gasteiger partial charge in [0.25, 0.3) is 15.9 Å². The summed E-state index contributed by atoms with van der Waals surface area (Å²) >= 11 is 0. The van der Waals surface area contributed by atoms with Crippen molar-refractivity contribution in [1.29, 1.82) is 0 Å². The summed E-state index contributed by atoms with van der Waals surface area (Å²) in [7, 11) is -2.81. The van der Waals surface area contributed by atoms with Gasteiger partial charge in [-0.15, -0.1) is 0 Å². The summed E-state index contributed by atoms with van der Waals surface area (Å²) in [6, 6.07) is 8.99. The molecular formula is C15H13F3N2O3S. The third-order valence-corrected chi connectivity index (χ3v) is 4.45. The number of carbonyl (C=O) groups is 1. The number of carbonyl (C=O) groups excluding carboxylic acids is 1. The van der Waals surface area contributed by atoms with E-state index in [9.17, 15) is 26.4 Å². The molecule has 0 aliphatic rings. The molecule has 0 radical (unpaired) electrons. The Labute approximate surface area is 136 Å². The molecule has 0 saturated carbocycles. The molecule has 2 aromatic carbocycles. The lowest BCUT2D eigenvalue weighted by atomic mass is 10.2. The van der Waals surface area contributed by atoms with E-state index >= 15 is 0 Å². The molecule has 128 valence electrons. The molecule has 0 atom stereocenters. The van der Waals surface area contributed by atoms with Crippen LogP contribution in [-0.2, 0) is 16.2 Å². The Hall–Kier alpha value is -2.55. The summed E-state index contributed by atoms with van der Waals surface area (Å²) < 4.78 is 64.8. The quantitative estimate of drug-likeness (QED) is 0.883. The highest BCUT2D eigenvalue weighted by Crippen LogP contribution is 2.30. The summed E-state index contributed by atoms with van der Waals surface area (Å²) in [5.74, 6) is -0.421. The zero-order valence-corrected chi connectivity index (χ0v) is 13.2. The van der Waals surface area contributed by atoms with E-state index in [0.717, 1.165) is 18.2 Å². The third kappa shape index (κ3) is 4.05. The van der Waals surface area contributed by atoms with Crippen LogP contribution in [0.25, 0.3) is 0 Å². The minimum Gasteiger partial charge on any atom is -0.355 e. The maximum Gasteiger partial charge on any atom is 0.416 e. The number of alkyl halides is 3. The Balaban J connectivity index is 2.34. The van der Waals surface area contributed by atoms with Gasteiger partial charge in [-0.3, -0.25) is 9.52 Å². The van der Waals surface area contributed by atoms with Crippen molar-refractivity contribution in [2.24, 2.45) is 0 Å². The van der Waals surface area contributed by atoms with Crippen molar-refractivity contribution in [2.75, 3.05) is 11.8 Å². The van der Waals surface area contributed by atoms with Gasteiger partial charge in [-0.25, -0.2) is 8.42 Å². The maximum absolute atomic E-state index is 12.7. The van der Waals surface area contributed by atoms with Crippen LogP contribution in [0.15, 0.2) is 53.4 Å². The number of sulfonamides is 1. The van der Waals surface area contributed by atoms with E-state index in [4.69, 9.17) is 0 Å². The van der Waals surface area contributed by atoms with Gasteiger partial charge in [-0.05, 0) is 36.4 Å². The zero-order chi connectivity index (χ0) is 18.0. The molecule has 2 aromatic rings. The third-order valence-electron chi connectivity index (χ3n) is 3.08. The van der Waals surface area contributed by atoms with E-state index in [1.807, 2.05) is 0 Å². The second-order valence-corrected chi connectivity index (χ2v) is 6.47. The number of halogens is 3. The monoisotopic (exact) mass is 358 g/mol. The summed E-state index contributed by atoms with van der Waals surface area (Å²) in [5, 5.41) is 2.39. The van der Waals surface area contributed by atoms with Crippen molar-refractivity contribution >= 4 is 21.6 Å². The lowest BCUT2D eigenvalue weighted by molar-refractivity contribution is -0.137. The van der Waals surface area contributed by atoms with Gasteiger partial charge in [-0.2, -0.15) is 13.2 Å². The van der Waals surface area contributed by atoms with Gasteiger partial charge in [0.15, 0.2) is 0 Å².